The first kappa shape index (κ1) is 15.3. The van der Waals surface area contributed by atoms with Crippen molar-refractivity contribution in [3.05, 3.63) is 28.7 Å². The largest absolute Gasteiger partial charge is 0.317 e. The van der Waals surface area contributed by atoms with Gasteiger partial charge in [-0.15, -0.1) is 0 Å². The lowest BCUT2D eigenvalue weighted by molar-refractivity contribution is -0.140. The number of hydrogen-bond acceptors (Lipinski definition) is 3. The Hall–Kier alpha value is -1.62. The first-order chi connectivity index (χ1) is 10.5. The molecule has 0 aliphatic carbocycles. The van der Waals surface area contributed by atoms with Crippen LogP contribution >= 0.6 is 0 Å². The van der Waals surface area contributed by atoms with Crippen LogP contribution in [-0.2, 0) is 11.8 Å². The number of carbonyl (C=O) groups is 1. The minimum atomic E-state index is -0.198. The molecular weight excluding hydrogens is 278 g/mol. The van der Waals surface area contributed by atoms with Crippen molar-refractivity contribution in [3.63, 3.8) is 0 Å². The summed E-state index contributed by atoms with van der Waals surface area (Å²) >= 11 is 0. The summed E-state index contributed by atoms with van der Waals surface area (Å²) < 4.78 is 1.53. The van der Waals surface area contributed by atoms with E-state index >= 15 is 0 Å². The Morgan fingerprint density at radius 3 is 2.68 bits per heavy atom. The lowest BCUT2D eigenvalue weighted by atomic mass is 9.72. The van der Waals surface area contributed by atoms with Crippen molar-refractivity contribution in [3.8, 4) is 0 Å². The molecule has 5 heteroatoms. The molecule has 0 aromatic carbocycles. The first-order valence-corrected chi connectivity index (χ1v) is 8.19. The number of likely N-dealkylation sites (tertiary alicyclic amines) is 1. The van der Waals surface area contributed by atoms with Crippen LogP contribution in [0.1, 0.15) is 33.1 Å². The van der Waals surface area contributed by atoms with E-state index in [0.29, 0.717) is 6.04 Å². The predicted molar refractivity (Wildman–Crippen MR) is 87.0 cm³/mol. The molecular formula is C17H25N3O2. The minimum absolute atomic E-state index is 0.0490. The Labute approximate surface area is 131 Å². The summed E-state index contributed by atoms with van der Waals surface area (Å²) in [5, 5.41) is 0. The van der Waals surface area contributed by atoms with Gasteiger partial charge in [-0.05, 0) is 38.8 Å². The molecule has 3 rings (SSSR count). The van der Waals surface area contributed by atoms with Crippen molar-refractivity contribution < 1.29 is 4.79 Å². The van der Waals surface area contributed by atoms with Gasteiger partial charge in [0, 0.05) is 38.4 Å². The maximum Gasteiger partial charge on any atom is 0.250 e. The third kappa shape index (κ3) is 2.37. The number of rotatable bonds is 3. The summed E-state index contributed by atoms with van der Waals surface area (Å²) in [4.78, 5) is 28.6. The fraction of sp³-hybridized carbons (Fsp3) is 0.647. The molecule has 120 valence electrons. The van der Waals surface area contributed by atoms with Crippen molar-refractivity contribution in [1.29, 1.82) is 0 Å². The number of aryl methyl sites for hydroxylation is 1. The highest BCUT2D eigenvalue weighted by atomic mass is 16.2. The summed E-state index contributed by atoms with van der Waals surface area (Å²) in [6, 6.07) is 3.82. The van der Waals surface area contributed by atoms with Crippen molar-refractivity contribution >= 4 is 11.6 Å². The molecule has 2 aliphatic rings. The molecule has 1 aromatic rings. The van der Waals surface area contributed by atoms with Gasteiger partial charge in [-0.3, -0.25) is 14.5 Å². The predicted octanol–water partition coefficient (Wildman–Crippen LogP) is 1.61. The molecule has 3 heterocycles. The van der Waals surface area contributed by atoms with E-state index in [1.165, 1.54) is 10.6 Å². The van der Waals surface area contributed by atoms with Crippen LogP contribution in [0.3, 0.4) is 0 Å². The monoisotopic (exact) mass is 303 g/mol. The van der Waals surface area contributed by atoms with E-state index in [9.17, 15) is 9.59 Å². The van der Waals surface area contributed by atoms with E-state index in [2.05, 4.69) is 18.7 Å². The average molecular weight is 303 g/mol. The maximum absolute atomic E-state index is 12.8. The molecule has 0 radical (unpaired) electrons. The highest BCUT2D eigenvalue weighted by Crippen LogP contribution is 2.42. The number of aromatic nitrogens is 1. The van der Waals surface area contributed by atoms with E-state index in [1.54, 1.807) is 19.3 Å². The number of carbonyl (C=O) groups excluding carboxylic acids is 1. The smallest absolute Gasteiger partial charge is 0.250 e. The Morgan fingerprint density at radius 2 is 2.05 bits per heavy atom. The van der Waals surface area contributed by atoms with Crippen LogP contribution in [0.5, 0.6) is 0 Å². The summed E-state index contributed by atoms with van der Waals surface area (Å²) in [7, 11) is 1.72. The third-order valence-electron chi connectivity index (χ3n) is 5.36. The Morgan fingerprint density at radius 1 is 1.27 bits per heavy atom. The van der Waals surface area contributed by atoms with Crippen LogP contribution in [-0.4, -0.2) is 41.1 Å². The summed E-state index contributed by atoms with van der Waals surface area (Å²) in [6.07, 6.45) is 4.95. The van der Waals surface area contributed by atoms with Gasteiger partial charge in [-0.25, -0.2) is 0 Å². The third-order valence-corrected chi connectivity index (χ3v) is 5.36. The van der Waals surface area contributed by atoms with Crippen LogP contribution in [0.15, 0.2) is 23.1 Å². The molecule has 0 saturated carbocycles. The van der Waals surface area contributed by atoms with E-state index < -0.39 is 0 Å². The molecule has 1 spiro atoms. The molecule has 1 aromatic heterocycles. The fourth-order valence-electron chi connectivity index (χ4n) is 3.69. The Balaban J connectivity index is 1.75. The molecule has 0 N–H and O–H groups in total. The van der Waals surface area contributed by atoms with E-state index in [4.69, 9.17) is 0 Å². The van der Waals surface area contributed by atoms with Crippen LogP contribution in [0, 0.1) is 5.41 Å². The van der Waals surface area contributed by atoms with E-state index in [1.807, 2.05) is 4.90 Å². The summed E-state index contributed by atoms with van der Waals surface area (Å²) in [6.45, 7) is 7.20. The van der Waals surface area contributed by atoms with Gasteiger partial charge in [0.15, 0.2) is 0 Å². The second kappa shape index (κ2) is 5.54. The van der Waals surface area contributed by atoms with Crippen molar-refractivity contribution in [1.82, 2.24) is 9.47 Å². The Kier molecular flexibility index (Phi) is 3.85. The highest BCUT2D eigenvalue weighted by Gasteiger charge is 2.54. The number of amides is 1. The molecule has 22 heavy (non-hydrogen) atoms. The maximum atomic E-state index is 12.8. The van der Waals surface area contributed by atoms with Gasteiger partial charge in [-0.2, -0.15) is 0 Å². The molecule has 0 unspecified atom stereocenters. The fourth-order valence-corrected chi connectivity index (χ4v) is 3.69. The Bertz CT molecular complexity index is 639. The standard InChI is InChI=1S/C17H25N3O2/c1-4-13(2)19-9-5-8-17(11-19)12-20(16(17)22)14-6-7-15(21)18(3)10-14/h6-7,10,13H,4-5,8-9,11-12H2,1-3H3/t13-,17-/m0/s1. The van der Waals surface area contributed by atoms with Gasteiger partial charge in [0.1, 0.15) is 0 Å². The van der Waals surface area contributed by atoms with Gasteiger partial charge < -0.3 is 9.47 Å². The zero-order chi connectivity index (χ0) is 15.9. The topological polar surface area (TPSA) is 45.5 Å². The SMILES string of the molecule is CC[C@H](C)N1CCC[C@@]2(CN(c3ccc(=O)n(C)c3)C2=O)C1. The summed E-state index contributed by atoms with van der Waals surface area (Å²) in [5.74, 6) is 0.221. The second-order valence-electron chi connectivity index (χ2n) is 6.84. The molecule has 2 saturated heterocycles. The van der Waals surface area contributed by atoms with Gasteiger partial charge in [0.25, 0.3) is 0 Å². The van der Waals surface area contributed by atoms with E-state index in [0.717, 1.165) is 44.6 Å². The minimum Gasteiger partial charge on any atom is -0.317 e. The number of hydrogen-bond donors (Lipinski definition) is 0. The lowest BCUT2D eigenvalue weighted by Crippen LogP contribution is -2.68. The van der Waals surface area contributed by atoms with Gasteiger partial charge in [-0.1, -0.05) is 6.92 Å². The lowest BCUT2D eigenvalue weighted by Gasteiger charge is -2.54. The van der Waals surface area contributed by atoms with Crippen LogP contribution in [0.25, 0.3) is 0 Å². The first-order valence-electron chi connectivity index (χ1n) is 8.19. The van der Waals surface area contributed by atoms with Gasteiger partial charge in [0.05, 0.1) is 11.1 Å². The average Bonchev–Trinajstić information content (AvgIpc) is 2.54. The zero-order valence-electron chi connectivity index (χ0n) is 13.7. The number of nitrogens with zero attached hydrogens (tertiary/aromatic N) is 3. The van der Waals surface area contributed by atoms with Gasteiger partial charge >= 0.3 is 0 Å². The quantitative estimate of drug-likeness (QED) is 0.797. The van der Waals surface area contributed by atoms with Crippen molar-refractivity contribution in [2.45, 2.75) is 39.2 Å². The number of piperidine rings is 1. The van der Waals surface area contributed by atoms with Crippen LogP contribution in [0.4, 0.5) is 5.69 Å². The molecule has 2 atom stereocenters. The second-order valence-corrected chi connectivity index (χ2v) is 6.84. The molecule has 5 nitrogen and oxygen atoms in total. The number of β-lactam (4-membered cyclic amide) rings is 1. The number of anilines is 1. The van der Waals surface area contributed by atoms with E-state index in [-0.39, 0.29) is 16.9 Å². The van der Waals surface area contributed by atoms with Crippen molar-refractivity contribution in [2.24, 2.45) is 12.5 Å². The van der Waals surface area contributed by atoms with Crippen LogP contribution < -0.4 is 10.5 Å². The zero-order valence-corrected chi connectivity index (χ0v) is 13.7. The van der Waals surface area contributed by atoms with Crippen molar-refractivity contribution in [2.75, 3.05) is 24.5 Å². The molecule has 2 aliphatic heterocycles. The van der Waals surface area contributed by atoms with Crippen LogP contribution in [0.2, 0.25) is 0 Å². The number of pyridine rings is 1. The molecule has 0 bridgehead atoms. The highest BCUT2D eigenvalue weighted by molar-refractivity contribution is 6.04. The normalized spacial score (nSPS) is 27.0. The summed E-state index contributed by atoms with van der Waals surface area (Å²) in [5.41, 5.74) is 0.585. The van der Waals surface area contributed by atoms with Gasteiger partial charge in [0.2, 0.25) is 11.5 Å². The molecule has 2 fully saturated rings. The molecule has 1 amide bonds.